The number of nitrogens with one attached hydrogen (secondary N) is 1. The Morgan fingerprint density at radius 3 is 2.65 bits per heavy atom. The maximum absolute atomic E-state index is 12.6. The zero-order valence-corrected chi connectivity index (χ0v) is 11.0. The number of alkyl halides is 3. The molecule has 1 aromatic carbocycles. The van der Waals surface area contributed by atoms with Gasteiger partial charge in [-0.25, -0.2) is 0 Å². The Balaban J connectivity index is 2.01. The summed E-state index contributed by atoms with van der Waals surface area (Å²) in [5.41, 5.74) is 0.987. The highest BCUT2D eigenvalue weighted by Crippen LogP contribution is 2.29. The van der Waals surface area contributed by atoms with E-state index in [0.29, 0.717) is 12.1 Å². The molecule has 2 nitrogen and oxygen atoms in total. The van der Waals surface area contributed by atoms with Crippen LogP contribution in [0.1, 0.15) is 29.7 Å². The molecule has 0 saturated heterocycles. The van der Waals surface area contributed by atoms with Crippen LogP contribution in [0.5, 0.6) is 0 Å². The van der Waals surface area contributed by atoms with E-state index >= 15 is 0 Å². The summed E-state index contributed by atoms with van der Waals surface area (Å²) in [6.07, 6.45) is -0.877. The zero-order valence-electron chi connectivity index (χ0n) is 11.0. The van der Waals surface area contributed by atoms with Gasteiger partial charge in [0.25, 0.3) is 0 Å². The molecule has 0 amide bonds. The summed E-state index contributed by atoms with van der Waals surface area (Å²) < 4.78 is 37.8. The van der Waals surface area contributed by atoms with E-state index in [1.807, 2.05) is 19.1 Å². The van der Waals surface area contributed by atoms with E-state index in [2.05, 4.69) is 10.3 Å². The van der Waals surface area contributed by atoms with Gasteiger partial charge in [-0.15, -0.1) is 0 Å². The predicted molar refractivity (Wildman–Crippen MR) is 70.9 cm³/mol. The lowest BCUT2D eigenvalue weighted by atomic mass is 10.1. The third-order valence-corrected chi connectivity index (χ3v) is 3.05. The van der Waals surface area contributed by atoms with E-state index in [4.69, 9.17) is 0 Å². The number of rotatable bonds is 4. The van der Waals surface area contributed by atoms with Crippen LogP contribution in [0.4, 0.5) is 13.2 Å². The molecule has 2 rings (SSSR count). The van der Waals surface area contributed by atoms with Gasteiger partial charge >= 0.3 is 6.18 Å². The first-order chi connectivity index (χ1) is 9.47. The second-order valence-electron chi connectivity index (χ2n) is 4.59. The third-order valence-electron chi connectivity index (χ3n) is 3.05. The first-order valence-corrected chi connectivity index (χ1v) is 6.26. The highest BCUT2D eigenvalue weighted by Gasteiger charge is 2.30. The van der Waals surface area contributed by atoms with Crippen LogP contribution in [0.2, 0.25) is 0 Å². The van der Waals surface area contributed by atoms with Crippen molar-refractivity contribution in [1.82, 2.24) is 10.3 Å². The van der Waals surface area contributed by atoms with Crippen molar-refractivity contribution >= 4 is 0 Å². The van der Waals surface area contributed by atoms with E-state index in [1.165, 1.54) is 12.1 Å². The lowest BCUT2D eigenvalue weighted by Crippen LogP contribution is -2.18. The van der Waals surface area contributed by atoms with Crippen LogP contribution < -0.4 is 5.32 Å². The molecule has 0 aliphatic heterocycles. The first kappa shape index (κ1) is 14.5. The Kier molecular flexibility index (Phi) is 4.39. The lowest BCUT2D eigenvalue weighted by Gasteiger charge is -2.14. The second kappa shape index (κ2) is 6.05. The maximum atomic E-state index is 12.6. The molecular formula is C15H15F3N2. The van der Waals surface area contributed by atoms with E-state index < -0.39 is 11.7 Å². The summed E-state index contributed by atoms with van der Waals surface area (Å²) in [6, 6.07) is 9.14. The Hall–Kier alpha value is -1.88. The van der Waals surface area contributed by atoms with Crippen molar-refractivity contribution in [2.45, 2.75) is 25.7 Å². The predicted octanol–water partition coefficient (Wildman–Crippen LogP) is 3.95. The van der Waals surface area contributed by atoms with Gasteiger partial charge < -0.3 is 5.32 Å². The highest BCUT2D eigenvalue weighted by molar-refractivity contribution is 5.25. The van der Waals surface area contributed by atoms with Crippen molar-refractivity contribution in [3.63, 3.8) is 0 Å². The zero-order chi connectivity index (χ0) is 14.6. The van der Waals surface area contributed by atoms with Crippen molar-refractivity contribution in [2.75, 3.05) is 0 Å². The van der Waals surface area contributed by atoms with Gasteiger partial charge in [0, 0.05) is 25.0 Å². The van der Waals surface area contributed by atoms with Gasteiger partial charge in [0.1, 0.15) is 0 Å². The van der Waals surface area contributed by atoms with Crippen LogP contribution >= 0.6 is 0 Å². The number of halogens is 3. The molecule has 0 spiro atoms. The molecule has 1 unspecified atom stereocenters. The standard InChI is InChI=1S/C15H15F3N2/c1-11(13-5-3-7-19-10-13)20-9-12-4-2-6-14(8-12)15(16,17)18/h2-8,10-11,20H,9H2,1H3. The van der Waals surface area contributed by atoms with E-state index in [0.717, 1.165) is 11.6 Å². The molecule has 1 aromatic heterocycles. The van der Waals surface area contributed by atoms with Crippen molar-refractivity contribution < 1.29 is 13.2 Å². The van der Waals surface area contributed by atoms with Crippen LogP contribution in [-0.2, 0) is 12.7 Å². The number of aromatic nitrogens is 1. The molecule has 0 aliphatic rings. The molecule has 106 valence electrons. The second-order valence-corrected chi connectivity index (χ2v) is 4.59. The average molecular weight is 280 g/mol. The number of hydrogen-bond acceptors (Lipinski definition) is 2. The van der Waals surface area contributed by atoms with Gasteiger partial charge in [-0.05, 0) is 30.2 Å². The van der Waals surface area contributed by atoms with Crippen LogP contribution in [0.3, 0.4) is 0 Å². The Morgan fingerprint density at radius 1 is 1.20 bits per heavy atom. The molecule has 20 heavy (non-hydrogen) atoms. The van der Waals surface area contributed by atoms with Crippen molar-refractivity contribution in [1.29, 1.82) is 0 Å². The third kappa shape index (κ3) is 3.81. The molecule has 0 aliphatic carbocycles. The fourth-order valence-corrected chi connectivity index (χ4v) is 1.88. The molecule has 2 aromatic rings. The normalized spacial score (nSPS) is 13.2. The van der Waals surface area contributed by atoms with E-state index in [-0.39, 0.29) is 6.04 Å². The lowest BCUT2D eigenvalue weighted by molar-refractivity contribution is -0.137. The van der Waals surface area contributed by atoms with Crippen LogP contribution in [0, 0.1) is 0 Å². The smallest absolute Gasteiger partial charge is 0.306 e. The number of pyridine rings is 1. The molecule has 1 N–H and O–H groups in total. The minimum Gasteiger partial charge on any atom is -0.306 e. The van der Waals surface area contributed by atoms with Crippen molar-refractivity contribution in [3.8, 4) is 0 Å². The Labute approximate surface area is 115 Å². The van der Waals surface area contributed by atoms with Crippen LogP contribution in [-0.4, -0.2) is 4.98 Å². The summed E-state index contributed by atoms with van der Waals surface area (Å²) >= 11 is 0. The van der Waals surface area contributed by atoms with Gasteiger partial charge in [0.15, 0.2) is 0 Å². The van der Waals surface area contributed by atoms with Gasteiger partial charge in [-0.2, -0.15) is 13.2 Å². The largest absolute Gasteiger partial charge is 0.416 e. The summed E-state index contributed by atoms with van der Waals surface area (Å²) in [6.45, 7) is 2.32. The Morgan fingerprint density at radius 2 is 2.00 bits per heavy atom. The molecule has 0 bridgehead atoms. The van der Waals surface area contributed by atoms with E-state index in [9.17, 15) is 13.2 Å². The topological polar surface area (TPSA) is 24.9 Å². The summed E-state index contributed by atoms with van der Waals surface area (Å²) in [7, 11) is 0. The maximum Gasteiger partial charge on any atom is 0.416 e. The van der Waals surface area contributed by atoms with Gasteiger partial charge in [-0.1, -0.05) is 24.3 Å². The molecule has 0 saturated carbocycles. The van der Waals surface area contributed by atoms with Crippen LogP contribution in [0.15, 0.2) is 48.8 Å². The van der Waals surface area contributed by atoms with Crippen molar-refractivity contribution in [3.05, 3.63) is 65.5 Å². The molecule has 0 fully saturated rings. The minimum absolute atomic E-state index is 0.0262. The monoisotopic (exact) mass is 280 g/mol. The highest BCUT2D eigenvalue weighted by atomic mass is 19.4. The molecule has 1 atom stereocenters. The molecular weight excluding hydrogens is 265 g/mol. The number of hydrogen-bond donors (Lipinski definition) is 1. The molecule has 5 heteroatoms. The van der Waals surface area contributed by atoms with E-state index in [1.54, 1.807) is 18.5 Å². The first-order valence-electron chi connectivity index (χ1n) is 6.26. The number of benzene rings is 1. The van der Waals surface area contributed by atoms with Gasteiger partial charge in [-0.3, -0.25) is 4.98 Å². The van der Waals surface area contributed by atoms with Gasteiger partial charge in [0.05, 0.1) is 5.56 Å². The average Bonchev–Trinajstić information content (AvgIpc) is 2.45. The summed E-state index contributed by atoms with van der Waals surface area (Å²) in [5.74, 6) is 0. The fraction of sp³-hybridized carbons (Fsp3) is 0.267. The summed E-state index contributed by atoms with van der Waals surface area (Å²) in [4.78, 5) is 4.02. The molecule has 1 heterocycles. The molecule has 0 radical (unpaired) electrons. The quantitative estimate of drug-likeness (QED) is 0.917. The fourth-order valence-electron chi connectivity index (χ4n) is 1.88. The SMILES string of the molecule is CC(NCc1cccc(C(F)(F)F)c1)c1cccnc1. The van der Waals surface area contributed by atoms with Crippen molar-refractivity contribution in [2.24, 2.45) is 0 Å². The summed E-state index contributed by atoms with van der Waals surface area (Å²) in [5, 5.41) is 3.19. The Bertz CT molecular complexity index is 553. The van der Waals surface area contributed by atoms with Crippen LogP contribution in [0.25, 0.3) is 0 Å². The van der Waals surface area contributed by atoms with Gasteiger partial charge in [0.2, 0.25) is 0 Å². The number of nitrogens with zero attached hydrogens (tertiary/aromatic N) is 1. The minimum atomic E-state index is -4.30.